The van der Waals surface area contributed by atoms with Crippen molar-refractivity contribution in [1.29, 1.82) is 0 Å². The van der Waals surface area contributed by atoms with Crippen molar-refractivity contribution in [2.75, 3.05) is 12.4 Å². The SMILES string of the molecule is CNc1ccccc1C(=O)N[C@H](C)c1ccco1. The molecule has 2 N–H and O–H groups in total. The van der Waals surface area contributed by atoms with Gasteiger partial charge < -0.3 is 15.1 Å². The van der Waals surface area contributed by atoms with Crippen molar-refractivity contribution in [2.45, 2.75) is 13.0 Å². The average molecular weight is 244 g/mol. The van der Waals surface area contributed by atoms with E-state index in [1.54, 1.807) is 25.4 Å². The first-order valence-electron chi connectivity index (χ1n) is 5.83. The quantitative estimate of drug-likeness (QED) is 0.869. The molecule has 4 heteroatoms. The van der Waals surface area contributed by atoms with Crippen LogP contribution in [-0.2, 0) is 0 Å². The molecule has 1 aromatic heterocycles. The highest BCUT2D eigenvalue weighted by molar-refractivity contribution is 5.99. The molecule has 0 saturated heterocycles. The molecule has 2 rings (SSSR count). The van der Waals surface area contributed by atoms with Crippen LogP contribution in [0.4, 0.5) is 5.69 Å². The van der Waals surface area contributed by atoms with Gasteiger partial charge in [-0.25, -0.2) is 0 Å². The second-order valence-corrected chi connectivity index (χ2v) is 4.01. The van der Waals surface area contributed by atoms with Gasteiger partial charge in [0.05, 0.1) is 17.9 Å². The van der Waals surface area contributed by atoms with Crippen LogP contribution in [0.25, 0.3) is 0 Å². The summed E-state index contributed by atoms with van der Waals surface area (Å²) >= 11 is 0. The molecule has 1 aromatic carbocycles. The predicted molar refractivity (Wildman–Crippen MR) is 70.6 cm³/mol. The summed E-state index contributed by atoms with van der Waals surface area (Å²) in [4.78, 5) is 12.1. The first kappa shape index (κ1) is 12.2. The van der Waals surface area contributed by atoms with E-state index < -0.39 is 0 Å². The zero-order chi connectivity index (χ0) is 13.0. The van der Waals surface area contributed by atoms with Crippen molar-refractivity contribution >= 4 is 11.6 Å². The minimum atomic E-state index is -0.155. The molecule has 94 valence electrons. The number of carbonyl (C=O) groups excluding carboxylic acids is 1. The zero-order valence-corrected chi connectivity index (χ0v) is 10.4. The van der Waals surface area contributed by atoms with Crippen LogP contribution in [0.5, 0.6) is 0 Å². The molecule has 0 spiro atoms. The number of nitrogens with one attached hydrogen (secondary N) is 2. The van der Waals surface area contributed by atoms with Crippen LogP contribution in [0, 0.1) is 0 Å². The second kappa shape index (κ2) is 5.40. The van der Waals surface area contributed by atoms with E-state index in [1.165, 1.54) is 0 Å². The molecule has 4 nitrogen and oxygen atoms in total. The van der Waals surface area contributed by atoms with E-state index in [2.05, 4.69) is 10.6 Å². The smallest absolute Gasteiger partial charge is 0.253 e. The van der Waals surface area contributed by atoms with Gasteiger partial charge in [0.2, 0.25) is 0 Å². The highest BCUT2D eigenvalue weighted by atomic mass is 16.3. The standard InChI is InChI=1S/C14H16N2O2/c1-10(13-8-5-9-18-13)16-14(17)11-6-3-4-7-12(11)15-2/h3-10,15H,1-2H3,(H,16,17)/t10-/m1/s1. The Morgan fingerprint density at radius 1 is 1.22 bits per heavy atom. The number of furan rings is 1. The number of amides is 1. The molecular weight excluding hydrogens is 228 g/mol. The monoisotopic (exact) mass is 244 g/mol. The number of benzene rings is 1. The summed E-state index contributed by atoms with van der Waals surface area (Å²) in [6, 6.07) is 10.9. The van der Waals surface area contributed by atoms with Crippen molar-refractivity contribution in [3.8, 4) is 0 Å². The third kappa shape index (κ3) is 2.53. The molecule has 0 aliphatic carbocycles. The number of para-hydroxylation sites is 1. The first-order valence-corrected chi connectivity index (χ1v) is 5.83. The van der Waals surface area contributed by atoms with Gasteiger partial charge in [-0.1, -0.05) is 12.1 Å². The average Bonchev–Trinajstić information content (AvgIpc) is 2.92. The Kier molecular flexibility index (Phi) is 3.67. The normalized spacial score (nSPS) is 11.9. The van der Waals surface area contributed by atoms with E-state index >= 15 is 0 Å². The summed E-state index contributed by atoms with van der Waals surface area (Å²) < 4.78 is 5.26. The molecule has 2 aromatic rings. The van der Waals surface area contributed by atoms with Gasteiger partial charge in [0.15, 0.2) is 0 Å². The minimum Gasteiger partial charge on any atom is -0.467 e. The molecule has 0 aliphatic heterocycles. The van der Waals surface area contributed by atoms with Gasteiger partial charge in [0, 0.05) is 12.7 Å². The Balaban J connectivity index is 2.12. The third-order valence-corrected chi connectivity index (χ3v) is 2.76. The topological polar surface area (TPSA) is 54.3 Å². The molecule has 0 unspecified atom stereocenters. The minimum absolute atomic E-state index is 0.121. The summed E-state index contributed by atoms with van der Waals surface area (Å²) in [7, 11) is 1.79. The number of rotatable bonds is 4. The highest BCUT2D eigenvalue weighted by Crippen LogP contribution is 2.17. The summed E-state index contributed by atoms with van der Waals surface area (Å²) in [5, 5.41) is 5.90. The fraction of sp³-hybridized carbons (Fsp3) is 0.214. The Labute approximate surface area is 106 Å². The number of hydrogen-bond acceptors (Lipinski definition) is 3. The fourth-order valence-corrected chi connectivity index (χ4v) is 1.78. The van der Waals surface area contributed by atoms with Crippen LogP contribution in [0.1, 0.15) is 29.1 Å². The van der Waals surface area contributed by atoms with Crippen molar-refractivity contribution in [3.63, 3.8) is 0 Å². The van der Waals surface area contributed by atoms with Gasteiger partial charge in [-0.15, -0.1) is 0 Å². The van der Waals surface area contributed by atoms with Crippen molar-refractivity contribution < 1.29 is 9.21 Å². The van der Waals surface area contributed by atoms with Crippen LogP contribution in [0.2, 0.25) is 0 Å². The van der Waals surface area contributed by atoms with E-state index in [9.17, 15) is 4.79 Å². The van der Waals surface area contributed by atoms with Crippen molar-refractivity contribution in [3.05, 3.63) is 54.0 Å². The van der Waals surface area contributed by atoms with E-state index in [4.69, 9.17) is 4.42 Å². The molecule has 1 amide bonds. The van der Waals surface area contributed by atoms with Gasteiger partial charge >= 0.3 is 0 Å². The van der Waals surface area contributed by atoms with Crippen LogP contribution >= 0.6 is 0 Å². The Bertz CT molecular complexity index is 520. The number of carbonyl (C=O) groups is 1. The Morgan fingerprint density at radius 3 is 2.67 bits per heavy atom. The maximum atomic E-state index is 12.1. The zero-order valence-electron chi connectivity index (χ0n) is 10.4. The molecular formula is C14H16N2O2. The maximum Gasteiger partial charge on any atom is 0.253 e. The van der Waals surface area contributed by atoms with Gasteiger partial charge in [0.25, 0.3) is 5.91 Å². The highest BCUT2D eigenvalue weighted by Gasteiger charge is 2.15. The van der Waals surface area contributed by atoms with Crippen LogP contribution in [0.3, 0.4) is 0 Å². The summed E-state index contributed by atoms with van der Waals surface area (Å²) in [5.74, 6) is 0.620. The number of hydrogen-bond donors (Lipinski definition) is 2. The molecule has 1 heterocycles. The van der Waals surface area contributed by atoms with Gasteiger partial charge in [-0.2, -0.15) is 0 Å². The maximum absolute atomic E-state index is 12.1. The molecule has 0 aliphatic rings. The van der Waals surface area contributed by atoms with E-state index in [1.807, 2.05) is 31.2 Å². The van der Waals surface area contributed by atoms with E-state index in [0.717, 1.165) is 11.4 Å². The van der Waals surface area contributed by atoms with Gasteiger partial charge in [0.1, 0.15) is 5.76 Å². The van der Waals surface area contributed by atoms with E-state index in [0.29, 0.717) is 5.56 Å². The van der Waals surface area contributed by atoms with Gasteiger partial charge in [-0.05, 0) is 31.2 Å². The molecule has 0 saturated carbocycles. The molecule has 1 atom stereocenters. The lowest BCUT2D eigenvalue weighted by Crippen LogP contribution is -2.27. The Morgan fingerprint density at radius 2 is 2.00 bits per heavy atom. The predicted octanol–water partition coefficient (Wildman–Crippen LogP) is 2.81. The Hall–Kier alpha value is -2.23. The van der Waals surface area contributed by atoms with Crippen molar-refractivity contribution in [1.82, 2.24) is 5.32 Å². The molecule has 0 bridgehead atoms. The summed E-state index contributed by atoms with van der Waals surface area (Å²) in [6.07, 6.45) is 1.60. The largest absolute Gasteiger partial charge is 0.467 e. The molecule has 0 fully saturated rings. The second-order valence-electron chi connectivity index (χ2n) is 4.01. The van der Waals surface area contributed by atoms with Crippen LogP contribution in [0.15, 0.2) is 47.1 Å². The summed E-state index contributed by atoms with van der Waals surface area (Å²) in [5.41, 5.74) is 1.43. The fourth-order valence-electron chi connectivity index (χ4n) is 1.78. The van der Waals surface area contributed by atoms with Gasteiger partial charge in [-0.3, -0.25) is 4.79 Å². The first-order chi connectivity index (χ1) is 8.72. The lowest BCUT2D eigenvalue weighted by Gasteiger charge is -2.13. The lowest BCUT2D eigenvalue weighted by molar-refractivity contribution is 0.0936. The lowest BCUT2D eigenvalue weighted by atomic mass is 10.1. The molecule has 0 radical (unpaired) electrons. The van der Waals surface area contributed by atoms with Crippen LogP contribution < -0.4 is 10.6 Å². The summed E-state index contributed by atoms with van der Waals surface area (Å²) in [6.45, 7) is 1.89. The molecule has 18 heavy (non-hydrogen) atoms. The number of anilines is 1. The third-order valence-electron chi connectivity index (χ3n) is 2.76. The van der Waals surface area contributed by atoms with E-state index in [-0.39, 0.29) is 11.9 Å². The van der Waals surface area contributed by atoms with Crippen LogP contribution in [-0.4, -0.2) is 13.0 Å². The van der Waals surface area contributed by atoms with Crippen molar-refractivity contribution in [2.24, 2.45) is 0 Å².